The lowest BCUT2D eigenvalue weighted by atomic mass is 10.2. The molecule has 0 saturated carbocycles. The monoisotopic (exact) mass is 242 g/mol. The molecule has 0 aliphatic carbocycles. The molecule has 0 aliphatic rings. The van der Waals surface area contributed by atoms with Crippen molar-refractivity contribution in [1.29, 1.82) is 0 Å². The number of hydrogen-bond donors (Lipinski definition) is 1. The lowest BCUT2D eigenvalue weighted by molar-refractivity contribution is -0.384. The summed E-state index contributed by atoms with van der Waals surface area (Å²) in [5, 5.41) is 12.9. The number of benzene rings is 1. The van der Waals surface area contributed by atoms with Crippen LogP contribution in [0.15, 0.2) is 18.2 Å². The van der Waals surface area contributed by atoms with Crippen molar-refractivity contribution >= 4 is 17.3 Å². The zero-order chi connectivity index (χ0) is 13.0. The van der Waals surface area contributed by atoms with Crippen molar-refractivity contribution in [1.82, 2.24) is 0 Å². The van der Waals surface area contributed by atoms with E-state index in [1.54, 1.807) is 0 Å². The van der Waals surface area contributed by atoms with Crippen molar-refractivity contribution in [2.24, 2.45) is 0 Å². The van der Waals surface area contributed by atoms with Crippen LogP contribution in [0.25, 0.3) is 0 Å². The van der Waals surface area contributed by atoms with E-state index in [9.17, 15) is 19.3 Å². The maximum Gasteiger partial charge on any atom is 0.295 e. The van der Waals surface area contributed by atoms with Crippen molar-refractivity contribution in [2.75, 3.05) is 12.4 Å². The van der Waals surface area contributed by atoms with E-state index in [2.05, 4.69) is 5.32 Å². The smallest absolute Gasteiger partial charge is 0.295 e. The van der Waals surface area contributed by atoms with E-state index in [-0.39, 0.29) is 5.69 Å². The number of nitro benzene ring substituents is 1. The highest BCUT2D eigenvalue weighted by molar-refractivity contribution is 5.95. The SMILES string of the molecule is COC(C)C(=O)Nc1ccc(F)cc1[N+](=O)[O-]. The number of anilines is 1. The summed E-state index contributed by atoms with van der Waals surface area (Å²) in [7, 11) is 1.34. The number of methoxy groups -OCH3 is 1. The van der Waals surface area contributed by atoms with E-state index in [1.165, 1.54) is 14.0 Å². The molecule has 7 heteroatoms. The number of carbonyl (C=O) groups excluding carboxylic acids is 1. The fraction of sp³-hybridized carbons (Fsp3) is 0.300. The molecule has 1 rings (SSSR count). The molecule has 92 valence electrons. The predicted molar refractivity (Wildman–Crippen MR) is 58.2 cm³/mol. The Kier molecular flexibility index (Phi) is 4.11. The molecule has 0 radical (unpaired) electrons. The topological polar surface area (TPSA) is 81.5 Å². The molecule has 0 aliphatic heterocycles. The van der Waals surface area contributed by atoms with E-state index in [4.69, 9.17) is 4.74 Å². The number of nitro groups is 1. The molecule has 6 nitrogen and oxygen atoms in total. The fourth-order valence-electron chi connectivity index (χ4n) is 1.10. The van der Waals surface area contributed by atoms with Crippen LogP contribution in [-0.4, -0.2) is 24.0 Å². The summed E-state index contributed by atoms with van der Waals surface area (Å²) >= 11 is 0. The minimum absolute atomic E-state index is 0.0645. The zero-order valence-corrected chi connectivity index (χ0v) is 9.27. The van der Waals surface area contributed by atoms with E-state index in [1.807, 2.05) is 0 Å². The molecule has 1 aromatic rings. The first-order chi connectivity index (χ1) is 7.95. The van der Waals surface area contributed by atoms with Gasteiger partial charge in [-0.2, -0.15) is 0 Å². The largest absolute Gasteiger partial charge is 0.372 e. The second-order valence-electron chi connectivity index (χ2n) is 3.29. The van der Waals surface area contributed by atoms with Crippen LogP contribution in [0.1, 0.15) is 6.92 Å². The van der Waals surface area contributed by atoms with Gasteiger partial charge in [-0.15, -0.1) is 0 Å². The van der Waals surface area contributed by atoms with Gasteiger partial charge in [0.1, 0.15) is 17.6 Å². The first-order valence-electron chi connectivity index (χ1n) is 4.73. The molecular weight excluding hydrogens is 231 g/mol. The highest BCUT2D eigenvalue weighted by Gasteiger charge is 2.19. The minimum Gasteiger partial charge on any atom is -0.372 e. The maximum absolute atomic E-state index is 12.8. The first kappa shape index (κ1) is 13.0. The van der Waals surface area contributed by atoms with Gasteiger partial charge in [0.25, 0.3) is 11.6 Å². The molecule has 1 amide bonds. The normalized spacial score (nSPS) is 11.9. The Balaban J connectivity index is 2.98. The standard InChI is InChI=1S/C10H11FN2O4/c1-6(17-2)10(14)12-8-4-3-7(11)5-9(8)13(15)16/h3-6H,1-2H3,(H,12,14). The minimum atomic E-state index is -0.768. The van der Waals surface area contributed by atoms with Crippen LogP contribution in [0, 0.1) is 15.9 Å². The summed E-state index contributed by atoms with van der Waals surface area (Å²) in [6.07, 6.45) is -0.750. The summed E-state index contributed by atoms with van der Waals surface area (Å²) in [5.41, 5.74) is -0.563. The Morgan fingerprint density at radius 1 is 1.59 bits per heavy atom. The van der Waals surface area contributed by atoms with Crippen molar-refractivity contribution in [3.63, 3.8) is 0 Å². The Morgan fingerprint density at radius 2 is 2.24 bits per heavy atom. The Labute approximate surface area is 96.5 Å². The molecule has 0 bridgehead atoms. The molecule has 0 saturated heterocycles. The van der Waals surface area contributed by atoms with Crippen molar-refractivity contribution in [3.05, 3.63) is 34.1 Å². The third kappa shape index (κ3) is 3.22. The Bertz CT molecular complexity index is 450. The fourth-order valence-corrected chi connectivity index (χ4v) is 1.10. The van der Waals surface area contributed by atoms with Crippen molar-refractivity contribution in [3.8, 4) is 0 Å². The number of carbonyl (C=O) groups is 1. The highest BCUT2D eigenvalue weighted by atomic mass is 19.1. The van der Waals surface area contributed by atoms with E-state index in [0.29, 0.717) is 0 Å². The number of nitrogens with one attached hydrogen (secondary N) is 1. The van der Waals surface area contributed by atoms with Gasteiger partial charge in [0.2, 0.25) is 0 Å². The van der Waals surface area contributed by atoms with Gasteiger partial charge < -0.3 is 10.1 Å². The number of halogens is 1. The van der Waals surface area contributed by atoms with Gasteiger partial charge in [-0.25, -0.2) is 4.39 Å². The summed E-state index contributed by atoms with van der Waals surface area (Å²) < 4.78 is 17.6. The van der Waals surface area contributed by atoms with Crippen LogP contribution >= 0.6 is 0 Å². The number of amides is 1. The van der Waals surface area contributed by atoms with Gasteiger partial charge in [-0.1, -0.05) is 0 Å². The molecule has 1 unspecified atom stereocenters. The number of ether oxygens (including phenoxy) is 1. The summed E-state index contributed by atoms with van der Waals surface area (Å²) in [6, 6.07) is 2.90. The Hall–Kier alpha value is -2.02. The summed E-state index contributed by atoms with van der Waals surface area (Å²) in [4.78, 5) is 21.3. The molecule has 1 atom stereocenters. The van der Waals surface area contributed by atoms with Crippen LogP contribution in [0.3, 0.4) is 0 Å². The van der Waals surface area contributed by atoms with Crippen LogP contribution < -0.4 is 5.32 Å². The molecule has 1 N–H and O–H groups in total. The molecule has 0 aromatic heterocycles. The predicted octanol–water partition coefficient (Wildman–Crippen LogP) is 1.71. The van der Waals surface area contributed by atoms with Crippen molar-refractivity contribution < 1.29 is 18.8 Å². The van der Waals surface area contributed by atoms with E-state index in [0.717, 1.165) is 18.2 Å². The third-order valence-electron chi connectivity index (χ3n) is 2.14. The number of rotatable bonds is 4. The van der Waals surface area contributed by atoms with Gasteiger partial charge >= 0.3 is 0 Å². The van der Waals surface area contributed by atoms with E-state index < -0.39 is 28.4 Å². The molecule has 0 fully saturated rings. The van der Waals surface area contributed by atoms with Crippen LogP contribution in [-0.2, 0) is 9.53 Å². The van der Waals surface area contributed by atoms with Gasteiger partial charge in [0.05, 0.1) is 11.0 Å². The quantitative estimate of drug-likeness (QED) is 0.643. The van der Waals surface area contributed by atoms with Crippen LogP contribution in [0.2, 0.25) is 0 Å². The molecule has 17 heavy (non-hydrogen) atoms. The van der Waals surface area contributed by atoms with Gasteiger partial charge in [-0.3, -0.25) is 14.9 Å². The molecular formula is C10H11FN2O4. The Morgan fingerprint density at radius 3 is 2.76 bits per heavy atom. The first-order valence-corrected chi connectivity index (χ1v) is 4.73. The number of hydrogen-bond acceptors (Lipinski definition) is 4. The summed E-state index contributed by atoms with van der Waals surface area (Å²) in [6.45, 7) is 1.49. The van der Waals surface area contributed by atoms with E-state index >= 15 is 0 Å². The highest BCUT2D eigenvalue weighted by Crippen LogP contribution is 2.25. The van der Waals surface area contributed by atoms with Crippen LogP contribution in [0.4, 0.5) is 15.8 Å². The summed E-state index contributed by atoms with van der Waals surface area (Å²) in [5.74, 6) is -1.28. The van der Waals surface area contributed by atoms with Gasteiger partial charge in [0.15, 0.2) is 0 Å². The van der Waals surface area contributed by atoms with Gasteiger partial charge in [0, 0.05) is 7.11 Å². The third-order valence-corrected chi connectivity index (χ3v) is 2.14. The zero-order valence-electron chi connectivity index (χ0n) is 9.27. The average molecular weight is 242 g/mol. The lowest BCUT2D eigenvalue weighted by Gasteiger charge is -2.10. The second-order valence-corrected chi connectivity index (χ2v) is 3.29. The second kappa shape index (κ2) is 5.35. The average Bonchev–Trinajstić information content (AvgIpc) is 2.29. The lowest BCUT2D eigenvalue weighted by Crippen LogP contribution is -2.26. The van der Waals surface area contributed by atoms with Crippen molar-refractivity contribution in [2.45, 2.75) is 13.0 Å². The maximum atomic E-state index is 12.8. The van der Waals surface area contributed by atoms with Crippen LogP contribution in [0.5, 0.6) is 0 Å². The molecule has 0 heterocycles. The molecule has 0 spiro atoms. The van der Waals surface area contributed by atoms with Gasteiger partial charge in [-0.05, 0) is 19.1 Å². The number of nitrogens with zero attached hydrogens (tertiary/aromatic N) is 1. The molecule has 1 aromatic carbocycles.